The van der Waals surface area contributed by atoms with Crippen LogP contribution in [0.25, 0.3) is 10.2 Å². The second-order valence-electron chi connectivity index (χ2n) is 3.93. The molecule has 1 aromatic carbocycles. The number of benzene rings is 1. The number of hydrogen-bond acceptors (Lipinski definition) is 5. The van der Waals surface area contributed by atoms with Crippen LogP contribution in [0.5, 0.6) is 0 Å². The third kappa shape index (κ3) is 2.09. The average molecular weight is 286 g/mol. The maximum absolute atomic E-state index is 11.1. The molecule has 0 aliphatic heterocycles. The van der Waals surface area contributed by atoms with Crippen LogP contribution in [0.1, 0.15) is 25.0 Å². The molecule has 0 spiro atoms. The zero-order chi connectivity index (χ0) is 13.5. The molecule has 98 valence electrons. The molecule has 0 aliphatic rings. The summed E-state index contributed by atoms with van der Waals surface area (Å²) in [6.45, 7) is 3.96. The van der Waals surface area contributed by atoms with E-state index in [1.54, 1.807) is 6.07 Å². The predicted octanol–water partition coefficient (Wildman–Crippen LogP) is 2.25. The third-order valence-corrected chi connectivity index (χ3v) is 5.06. The molecule has 0 unspecified atom stereocenters. The van der Waals surface area contributed by atoms with E-state index in [1.165, 1.54) is 0 Å². The Hall–Kier alpha value is -1.18. The summed E-state index contributed by atoms with van der Waals surface area (Å²) >= 11 is 0.938. The summed E-state index contributed by atoms with van der Waals surface area (Å²) < 4.78 is 31.7. The predicted molar refractivity (Wildman–Crippen MR) is 72.6 cm³/mol. The average Bonchev–Trinajstić information content (AvgIpc) is 2.70. The van der Waals surface area contributed by atoms with E-state index in [0.29, 0.717) is 15.9 Å². The topological polar surface area (TPSA) is 93.3 Å². The fourth-order valence-corrected chi connectivity index (χ4v) is 3.75. The van der Waals surface area contributed by atoms with Gasteiger partial charge in [0, 0.05) is 5.69 Å². The van der Waals surface area contributed by atoms with Crippen LogP contribution in [-0.4, -0.2) is 18.0 Å². The molecular weight excluding hydrogens is 272 g/mol. The molecule has 5 nitrogen and oxygen atoms in total. The number of anilines is 1. The van der Waals surface area contributed by atoms with Crippen LogP contribution in [0, 0.1) is 0 Å². The van der Waals surface area contributed by atoms with Gasteiger partial charge < -0.3 is 5.73 Å². The Labute approximate surface area is 109 Å². The second kappa shape index (κ2) is 4.49. The summed E-state index contributed by atoms with van der Waals surface area (Å²) in [5.74, 6) is 0. The lowest BCUT2D eigenvalue weighted by Crippen LogP contribution is -2.00. The van der Waals surface area contributed by atoms with Crippen molar-refractivity contribution in [2.24, 2.45) is 0 Å². The van der Waals surface area contributed by atoms with E-state index < -0.39 is 10.1 Å². The van der Waals surface area contributed by atoms with Gasteiger partial charge >= 0.3 is 10.1 Å². The van der Waals surface area contributed by atoms with E-state index in [2.05, 4.69) is 4.98 Å². The van der Waals surface area contributed by atoms with E-state index in [-0.39, 0.29) is 4.34 Å². The second-order valence-corrected chi connectivity index (χ2v) is 6.56. The van der Waals surface area contributed by atoms with Crippen LogP contribution in [0.2, 0.25) is 0 Å². The van der Waals surface area contributed by atoms with Gasteiger partial charge in [-0.15, -0.1) is 11.3 Å². The number of rotatable bonds is 3. The summed E-state index contributed by atoms with van der Waals surface area (Å²) in [5, 5.41) is 0. The minimum atomic E-state index is -4.26. The highest BCUT2D eigenvalue weighted by Gasteiger charge is 2.19. The molecule has 3 N–H and O–H groups in total. The summed E-state index contributed by atoms with van der Waals surface area (Å²) in [6.07, 6.45) is 1.49. The van der Waals surface area contributed by atoms with Crippen molar-refractivity contribution < 1.29 is 13.0 Å². The van der Waals surface area contributed by atoms with Crippen LogP contribution >= 0.6 is 11.3 Å². The molecule has 2 aromatic rings. The molecule has 1 aromatic heterocycles. The maximum atomic E-state index is 11.1. The van der Waals surface area contributed by atoms with Crippen LogP contribution in [0.3, 0.4) is 0 Å². The number of nitrogens with zero attached hydrogens (tertiary/aromatic N) is 1. The van der Waals surface area contributed by atoms with Crippen LogP contribution < -0.4 is 5.73 Å². The third-order valence-electron chi connectivity index (χ3n) is 2.85. The smallest absolute Gasteiger partial charge is 0.322 e. The number of nitrogen functional groups attached to an aromatic ring is 1. The monoisotopic (exact) mass is 286 g/mol. The quantitative estimate of drug-likeness (QED) is 0.666. The van der Waals surface area contributed by atoms with Crippen molar-refractivity contribution in [2.75, 3.05) is 5.73 Å². The Balaban J connectivity index is 2.85. The standard InChI is InChI=1S/C11H14N2O3S2/c1-3-6-7(4-2)10-9(5-8(6)12)17-11(13-10)18(14,15)16/h5H,3-4,12H2,1-2H3,(H,14,15,16). The number of fused-ring (bicyclic) bond motifs is 1. The van der Waals surface area contributed by atoms with E-state index in [0.717, 1.165) is 35.3 Å². The number of thiazole rings is 1. The molecule has 0 aliphatic carbocycles. The van der Waals surface area contributed by atoms with Crippen molar-refractivity contribution in [1.29, 1.82) is 0 Å². The van der Waals surface area contributed by atoms with Gasteiger partial charge in [-0.2, -0.15) is 8.42 Å². The van der Waals surface area contributed by atoms with Gasteiger partial charge in [0.25, 0.3) is 0 Å². The van der Waals surface area contributed by atoms with Crippen LogP contribution in [0.4, 0.5) is 5.69 Å². The van der Waals surface area contributed by atoms with Crippen molar-refractivity contribution in [3.05, 3.63) is 17.2 Å². The summed E-state index contributed by atoms with van der Waals surface area (Å²) in [7, 11) is -4.26. The fraction of sp³-hybridized carbons (Fsp3) is 0.364. The molecule has 0 amide bonds. The maximum Gasteiger partial charge on any atom is 0.322 e. The number of hydrogen-bond donors (Lipinski definition) is 2. The van der Waals surface area contributed by atoms with Gasteiger partial charge in [0.1, 0.15) is 0 Å². The van der Waals surface area contributed by atoms with Gasteiger partial charge in [0.2, 0.25) is 4.34 Å². The lowest BCUT2D eigenvalue weighted by Gasteiger charge is -2.09. The van der Waals surface area contributed by atoms with E-state index >= 15 is 0 Å². The summed E-state index contributed by atoms with van der Waals surface area (Å²) in [5.41, 5.74) is 9.19. The minimum Gasteiger partial charge on any atom is -0.398 e. The Bertz CT molecular complexity index is 705. The van der Waals surface area contributed by atoms with Crippen molar-refractivity contribution >= 4 is 37.4 Å². The minimum absolute atomic E-state index is 0.278. The van der Waals surface area contributed by atoms with Crippen molar-refractivity contribution in [3.63, 3.8) is 0 Å². The van der Waals surface area contributed by atoms with Crippen molar-refractivity contribution in [1.82, 2.24) is 4.98 Å². The number of nitrogens with two attached hydrogens (primary N) is 1. The fourth-order valence-electron chi connectivity index (χ4n) is 2.08. The van der Waals surface area contributed by atoms with Gasteiger partial charge in [-0.1, -0.05) is 13.8 Å². The first kappa shape index (κ1) is 13.3. The molecular formula is C11H14N2O3S2. The molecule has 1 heterocycles. The first-order chi connectivity index (χ1) is 8.38. The number of aromatic nitrogens is 1. The zero-order valence-electron chi connectivity index (χ0n) is 10.1. The van der Waals surface area contributed by atoms with Gasteiger partial charge in [0.15, 0.2) is 0 Å². The highest BCUT2D eigenvalue weighted by molar-refractivity contribution is 7.88. The van der Waals surface area contributed by atoms with Gasteiger partial charge in [-0.3, -0.25) is 4.55 Å². The van der Waals surface area contributed by atoms with E-state index in [1.807, 2.05) is 13.8 Å². The van der Waals surface area contributed by atoms with Gasteiger partial charge in [-0.25, -0.2) is 4.98 Å². The van der Waals surface area contributed by atoms with Crippen LogP contribution in [-0.2, 0) is 23.0 Å². The number of aryl methyl sites for hydroxylation is 1. The molecule has 2 rings (SSSR count). The molecule has 0 fully saturated rings. The Kier molecular flexibility index (Phi) is 3.31. The van der Waals surface area contributed by atoms with Crippen LogP contribution in [0.15, 0.2) is 10.4 Å². The van der Waals surface area contributed by atoms with E-state index in [4.69, 9.17) is 10.3 Å². The SMILES string of the molecule is CCc1c(N)cc2sc(S(=O)(=O)O)nc2c1CC. The molecule has 0 atom stereocenters. The first-order valence-corrected chi connectivity index (χ1v) is 7.82. The summed E-state index contributed by atoms with van der Waals surface area (Å²) in [4.78, 5) is 4.03. The highest BCUT2D eigenvalue weighted by atomic mass is 32.3. The molecule has 7 heteroatoms. The normalized spacial score (nSPS) is 12.2. The molecule has 0 bridgehead atoms. The van der Waals surface area contributed by atoms with Gasteiger partial charge in [0.05, 0.1) is 10.2 Å². The lowest BCUT2D eigenvalue weighted by molar-refractivity contribution is 0.482. The van der Waals surface area contributed by atoms with E-state index in [9.17, 15) is 8.42 Å². The molecule has 0 radical (unpaired) electrons. The molecule has 0 saturated heterocycles. The highest BCUT2D eigenvalue weighted by Crippen LogP contribution is 2.33. The van der Waals surface area contributed by atoms with Crippen molar-refractivity contribution in [2.45, 2.75) is 31.0 Å². The van der Waals surface area contributed by atoms with Crippen molar-refractivity contribution in [3.8, 4) is 0 Å². The molecule has 0 saturated carbocycles. The Morgan fingerprint density at radius 1 is 1.33 bits per heavy atom. The van der Waals surface area contributed by atoms with Gasteiger partial charge in [-0.05, 0) is 30.0 Å². The zero-order valence-corrected chi connectivity index (χ0v) is 11.7. The first-order valence-electron chi connectivity index (χ1n) is 5.56. The summed E-state index contributed by atoms with van der Waals surface area (Å²) in [6, 6.07) is 1.72. The Morgan fingerprint density at radius 2 is 1.94 bits per heavy atom. The Morgan fingerprint density at radius 3 is 2.44 bits per heavy atom. The largest absolute Gasteiger partial charge is 0.398 e. The lowest BCUT2D eigenvalue weighted by atomic mass is 10.00. The molecule has 18 heavy (non-hydrogen) atoms.